The molecule has 1 aliphatic carbocycles. The van der Waals surface area contributed by atoms with E-state index in [1.165, 1.54) is 25.7 Å². The highest BCUT2D eigenvalue weighted by atomic mass is 16.1. The van der Waals surface area contributed by atoms with Crippen molar-refractivity contribution in [2.75, 3.05) is 13.1 Å². The lowest BCUT2D eigenvalue weighted by Gasteiger charge is -2.37. The van der Waals surface area contributed by atoms with E-state index in [-0.39, 0.29) is 5.54 Å². The molecule has 3 rings (SSSR count). The highest BCUT2D eigenvalue weighted by Crippen LogP contribution is 2.38. The Kier molecular flexibility index (Phi) is 3.39. The van der Waals surface area contributed by atoms with Crippen LogP contribution in [0.4, 0.5) is 0 Å². The summed E-state index contributed by atoms with van der Waals surface area (Å²) in [6.45, 7) is 2.18. The maximum Gasteiger partial charge on any atom is 0.159 e. The predicted molar refractivity (Wildman–Crippen MR) is 71.7 cm³/mol. The fraction of sp³-hybridized carbons (Fsp3) is 0.786. The third-order valence-electron chi connectivity index (χ3n) is 4.65. The van der Waals surface area contributed by atoms with Gasteiger partial charge in [0.25, 0.3) is 0 Å². The van der Waals surface area contributed by atoms with Gasteiger partial charge in [0.05, 0.1) is 17.7 Å². The Balaban J connectivity index is 1.77. The SMILES string of the molecule is Cn1cc(CC(=O)C2(N3CCCC3)CCCC2)nn1. The van der Waals surface area contributed by atoms with Crippen LogP contribution in [0.2, 0.25) is 0 Å². The summed E-state index contributed by atoms with van der Waals surface area (Å²) in [5, 5.41) is 7.98. The number of carbonyl (C=O) groups excluding carboxylic acids is 1. The van der Waals surface area contributed by atoms with Crippen molar-refractivity contribution in [3.8, 4) is 0 Å². The second kappa shape index (κ2) is 5.04. The van der Waals surface area contributed by atoms with Crippen LogP contribution in [-0.4, -0.2) is 44.3 Å². The highest BCUT2D eigenvalue weighted by molar-refractivity contribution is 5.90. The lowest BCUT2D eigenvalue weighted by molar-refractivity contribution is -0.129. The molecule has 1 aliphatic heterocycles. The molecule has 0 amide bonds. The van der Waals surface area contributed by atoms with Crippen LogP contribution in [-0.2, 0) is 18.3 Å². The van der Waals surface area contributed by atoms with Crippen molar-refractivity contribution in [2.24, 2.45) is 7.05 Å². The third kappa shape index (κ3) is 2.31. The summed E-state index contributed by atoms with van der Waals surface area (Å²) in [5.41, 5.74) is 0.617. The Hall–Kier alpha value is -1.23. The zero-order chi connectivity index (χ0) is 13.3. The number of nitrogens with zero attached hydrogens (tertiary/aromatic N) is 4. The first-order chi connectivity index (χ1) is 9.21. The zero-order valence-electron chi connectivity index (χ0n) is 11.6. The third-order valence-corrected chi connectivity index (χ3v) is 4.65. The largest absolute Gasteiger partial charge is 0.297 e. The Morgan fingerprint density at radius 1 is 1.26 bits per heavy atom. The van der Waals surface area contributed by atoms with Gasteiger partial charge >= 0.3 is 0 Å². The van der Waals surface area contributed by atoms with Crippen molar-refractivity contribution in [3.63, 3.8) is 0 Å². The van der Waals surface area contributed by atoms with Crippen molar-refractivity contribution >= 4 is 5.78 Å². The van der Waals surface area contributed by atoms with Crippen LogP contribution in [0.1, 0.15) is 44.2 Å². The lowest BCUT2D eigenvalue weighted by Crippen LogP contribution is -2.52. The van der Waals surface area contributed by atoms with Crippen molar-refractivity contribution in [3.05, 3.63) is 11.9 Å². The summed E-state index contributed by atoms with van der Waals surface area (Å²) in [7, 11) is 1.84. The molecule has 2 aliphatic rings. The Bertz CT molecular complexity index is 456. The van der Waals surface area contributed by atoms with Gasteiger partial charge in [-0.3, -0.25) is 14.4 Å². The molecule has 0 aromatic carbocycles. The van der Waals surface area contributed by atoms with Gasteiger partial charge in [-0.15, -0.1) is 5.10 Å². The molecule has 19 heavy (non-hydrogen) atoms. The second-order valence-corrected chi connectivity index (χ2v) is 5.92. The van der Waals surface area contributed by atoms with Crippen LogP contribution >= 0.6 is 0 Å². The molecule has 1 aromatic heterocycles. The number of likely N-dealkylation sites (tertiary alicyclic amines) is 1. The van der Waals surface area contributed by atoms with Gasteiger partial charge in [-0.1, -0.05) is 18.1 Å². The number of ketones is 1. The van der Waals surface area contributed by atoms with Crippen molar-refractivity contribution in [1.82, 2.24) is 19.9 Å². The normalized spacial score (nSPS) is 23.0. The van der Waals surface area contributed by atoms with Gasteiger partial charge in [-0.25, -0.2) is 0 Å². The highest BCUT2D eigenvalue weighted by Gasteiger charge is 2.46. The molecule has 1 aromatic rings. The molecule has 5 heteroatoms. The predicted octanol–water partition coefficient (Wildman–Crippen LogP) is 1.34. The van der Waals surface area contributed by atoms with Gasteiger partial charge < -0.3 is 0 Å². The number of aryl methyl sites for hydroxylation is 1. The van der Waals surface area contributed by atoms with Crippen molar-refractivity contribution in [1.29, 1.82) is 0 Å². The molecule has 0 N–H and O–H groups in total. The summed E-state index contributed by atoms with van der Waals surface area (Å²) >= 11 is 0. The summed E-state index contributed by atoms with van der Waals surface area (Å²) in [6, 6.07) is 0. The molecule has 0 bridgehead atoms. The van der Waals surface area contributed by atoms with E-state index >= 15 is 0 Å². The summed E-state index contributed by atoms with van der Waals surface area (Å²) in [5.74, 6) is 0.354. The van der Waals surface area contributed by atoms with Gasteiger partial charge in [-0.05, 0) is 38.8 Å². The molecule has 1 saturated heterocycles. The topological polar surface area (TPSA) is 51.0 Å². The number of carbonyl (C=O) groups is 1. The molecule has 2 heterocycles. The molecule has 1 saturated carbocycles. The maximum atomic E-state index is 12.8. The fourth-order valence-corrected chi connectivity index (χ4v) is 3.68. The van der Waals surface area contributed by atoms with E-state index in [2.05, 4.69) is 15.2 Å². The first-order valence-corrected chi connectivity index (χ1v) is 7.34. The fourth-order valence-electron chi connectivity index (χ4n) is 3.68. The van der Waals surface area contributed by atoms with Gasteiger partial charge in [-0.2, -0.15) is 0 Å². The minimum atomic E-state index is -0.186. The average molecular weight is 262 g/mol. The Morgan fingerprint density at radius 3 is 2.53 bits per heavy atom. The molecule has 0 radical (unpaired) electrons. The molecule has 0 spiro atoms. The minimum absolute atomic E-state index is 0.186. The van der Waals surface area contributed by atoms with Crippen LogP contribution in [0.5, 0.6) is 0 Å². The van der Waals surface area contributed by atoms with Crippen LogP contribution in [0.25, 0.3) is 0 Å². The maximum absolute atomic E-state index is 12.8. The van der Waals surface area contributed by atoms with Crippen molar-refractivity contribution < 1.29 is 4.79 Å². The molecule has 0 atom stereocenters. The van der Waals surface area contributed by atoms with E-state index in [1.807, 2.05) is 13.2 Å². The van der Waals surface area contributed by atoms with Crippen molar-refractivity contribution in [2.45, 2.75) is 50.5 Å². The first kappa shape index (κ1) is 12.8. The van der Waals surface area contributed by atoms with E-state index in [0.29, 0.717) is 12.2 Å². The summed E-state index contributed by atoms with van der Waals surface area (Å²) < 4.78 is 1.67. The van der Waals surface area contributed by atoms with E-state index < -0.39 is 0 Å². The Labute approximate surface area is 114 Å². The quantitative estimate of drug-likeness (QED) is 0.821. The van der Waals surface area contributed by atoms with Gasteiger partial charge in [0, 0.05) is 13.2 Å². The number of hydrogen-bond acceptors (Lipinski definition) is 4. The summed E-state index contributed by atoms with van der Waals surface area (Å²) in [4.78, 5) is 15.3. The molecular formula is C14H22N4O. The minimum Gasteiger partial charge on any atom is -0.297 e. The molecule has 0 unspecified atom stereocenters. The van der Waals surface area contributed by atoms with Gasteiger partial charge in [0.15, 0.2) is 5.78 Å². The zero-order valence-corrected chi connectivity index (χ0v) is 11.6. The lowest BCUT2D eigenvalue weighted by atomic mass is 9.87. The van der Waals surface area contributed by atoms with E-state index in [4.69, 9.17) is 0 Å². The number of Topliss-reactive ketones (excluding diaryl/α,β-unsaturated/α-hetero) is 1. The van der Waals surface area contributed by atoms with Gasteiger partial charge in [0.1, 0.15) is 0 Å². The average Bonchev–Trinajstić information content (AvgIpc) is 3.09. The molecule has 5 nitrogen and oxygen atoms in total. The number of rotatable bonds is 4. The molecule has 104 valence electrons. The van der Waals surface area contributed by atoms with E-state index in [0.717, 1.165) is 31.6 Å². The smallest absolute Gasteiger partial charge is 0.159 e. The van der Waals surface area contributed by atoms with Crippen LogP contribution < -0.4 is 0 Å². The summed E-state index contributed by atoms with van der Waals surface area (Å²) in [6.07, 6.45) is 9.19. The number of hydrogen-bond donors (Lipinski definition) is 0. The van der Waals surface area contributed by atoms with Crippen LogP contribution in [0, 0.1) is 0 Å². The number of aromatic nitrogens is 3. The Morgan fingerprint density at radius 2 is 1.95 bits per heavy atom. The molecular weight excluding hydrogens is 240 g/mol. The van der Waals surface area contributed by atoms with Gasteiger partial charge in [0.2, 0.25) is 0 Å². The van der Waals surface area contributed by atoms with Crippen LogP contribution in [0.15, 0.2) is 6.20 Å². The monoisotopic (exact) mass is 262 g/mol. The second-order valence-electron chi connectivity index (χ2n) is 5.92. The van der Waals surface area contributed by atoms with E-state index in [9.17, 15) is 4.79 Å². The standard InChI is InChI=1S/C14H22N4O/c1-17-11-12(15-16-17)10-13(19)14(6-2-3-7-14)18-8-4-5-9-18/h11H,2-10H2,1H3. The van der Waals surface area contributed by atoms with E-state index in [1.54, 1.807) is 4.68 Å². The van der Waals surface area contributed by atoms with Crippen LogP contribution in [0.3, 0.4) is 0 Å². The first-order valence-electron chi connectivity index (χ1n) is 7.34. The molecule has 2 fully saturated rings.